The van der Waals surface area contributed by atoms with Gasteiger partial charge in [-0.2, -0.15) is 0 Å². The van der Waals surface area contributed by atoms with Gasteiger partial charge in [0.25, 0.3) is 11.8 Å². The first-order chi connectivity index (χ1) is 11.9. The smallest absolute Gasteiger partial charge is 0.279 e. The molecule has 0 bridgehead atoms. The van der Waals surface area contributed by atoms with Crippen LogP contribution in [-0.2, 0) is 9.59 Å². The largest absolute Gasteiger partial charge is 0.335 e. The summed E-state index contributed by atoms with van der Waals surface area (Å²) in [5.74, 6) is 2.42. The Morgan fingerprint density at radius 3 is 2.36 bits per heavy atom. The van der Waals surface area contributed by atoms with Crippen molar-refractivity contribution in [3.8, 4) is 12.3 Å². The zero-order valence-corrected chi connectivity index (χ0v) is 16.3. The Balaban J connectivity index is 2.56. The minimum atomic E-state index is -0.600. The van der Waals surface area contributed by atoms with Crippen molar-refractivity contribution in [2.24, 2.45) is 0 Å². The lowest BCUT2D eigenvalue weighted by Crippen LogP contribution is -3.11. The van der Waals surface area contributed by atoms with Gasteiger partial charge in [-0.15, -0.1) is 18.2 Å². The molecule has 5 nitrogen and oxygen atoms in total. The number of para-hydroxylation sites is 1. The van der Waals surface area contributed by atoms with E-state index in [-0.39, 0.29) is 24.9 Å². The Morgan fingerprint density at radius 1 is 1.20 bits per heavy atom. The van der Waals surface area contributed by atoms with Crippen molar-refractivity contribution in [3.63, 3.8) is 0 Å². The first kappa shape index (κ1) is 21.1. The normalized spacial score (nSPS) is 12.1. The minimum absolute atomic E-state index is 0.124. The molecule has 6 heteroatoms. The summed E-state index contributed by atoms with van der Waals surface area (Å²) in [7, 11) is 1.81. The quantitative estimate of drug-likeness (QED) is 0.456. The summed E-state index contributed by atoms with van der Waals surface area (Å²) in [6.45, 7) is 4.31. The number of quaternary nitrogens is 1. The van der Waals surface area contributed by atoms with Gasteiger partial charge in [-0.3, -0.25) is 9.59 Å². The number of rotatable bonds is 9. The van der Waals surface area contributed by atoms with Crippen molar-refractivity contribution in [3.05, 3.63) is 24.3 Å². The highest BCUT2D eigenvalue weighted by Gasteiger charge is 2.26. The Hall–Kier alpha value is -1.97. The molecule has 0 aliphatic rings. The molecule has 0 spiro atoms. The minimum Gasteiger partial charge on any atom is -0.335 e. The van der Waals surface area contributed by atoms with Crippen LogP contribution in [0.1, 0.15) is 26.7 Å². The Morgan fingerprint density at radius 2 is 1.80 bits per heavy atom. The van der Waals surface area contributed by atoms with Gasteiger partial charge in [-0.05, 0) is 31.2 Å². The molecule has 3 N–H and O–H groups in total. The molecule has 1 aromatic carbocycles. The van der Waals surface area contributed by atoms with E-state index in [1.165, 1.54) is 0 Å². The molecule has 2 amide bonds. The van der Waals surface area contributed by atoms with E-state index in [2.05, 4.69) is 16.6 Å². The second-order valence-electron chi connectivity index (χ2n) is 6.04. The summed E-state index contributed by atoms with van der Waals surface area (Å²) < 4.78 is 0. The second-order valence-corrected chi connectivity index (χ2v) is 6.89. The third-order valence-corrected chi connectivity index (χ3v) is 4.96. The van der Waals surface area contributed by atoms with Crippen molar-refractivity contribution >= 4 is 29.3 Å². The summed E-state index contributed by atoms with van der Waals surface area (Å²) in [6.07, 6.45) is 8.88. The molecule has 1 atom stereocenters. The van der Waals surface area contributed by atoms with E-state index in [4.69, 9.17) is 6.42 Å². The van der Waals surface area contributed by atoms with Crippen LogP contribution in [0.4, 0.5) is 5.69 Å². The number of benzene rings is 1. The van der Waals surface area contributed by atoms with E-state index >= 15 is 0 Å². The number of likely N-dealkylation sites (N-methyl/N-ethyl adjacent to an activating group) is 1. The molecule has 0 saturated heterocycles. The predicted molar refractivity (Wildman–Crippen MR) is 104 cm³/mol. The topological polar surface area (TPSA) is 62.6 Å². The van der Waals surface area contributed by atoms with Gasteiger partial charge in [-0.1, -0.05) is 31.9 Å². The molecule has 0 fully saturated rings. The Kier molecular flexibility index (Phi) is 8.53. The number of anilines is 1. The fourth-order valence-electron chi connectivity index (χ4n) is 2.53. The number of amides is 2. The molecule has 0 saturated carbocycles. The van der Waals surface area contributed by atoms with E-state index in [9.17, 15) is 9.59 Å². The van der Waals surface area contributed by atoms with Gasteiger partial charge in [0.2, 0.25) is 0 Å². The molecule has 1 aromatic rings. The lowest BCUT2D eigenvalue weighted by Gasteiger charge is -2.27. The number of carbonyl (C=O) groups excluding carboxylic acids is 2. The third kappa shape index (κ3) is 6.45. The zero-order chi connectivity index (χ0) is 18.9. The molecular weight excluding hydrogens is 334 g/mol. The number of terminal acetylenes is 1. The monoisotopic (exact) mass is 362 g/mol. The maximum atomic E-state index is 12.2. The fraction of sp³-hybridized carbons (Fsp3) is 0.474. The van der Waals surface area contributed by atoms with E-state index in [0.29, 0.717) is 12.8 Å². The molecule has 0 aliphatic heterocycles. The van der Waals surface area contributed by atoms with Crippen LogP contribution in [0.15, 0.2) is 29.2 Å². The maximum Gasteiger partial charge on any atom is 0.279 e. The van der Waals surface area contributed by atoms with Crippen LogP contribution < -0.4 is 15.5 Å². The predicted octanol–water partition coefficient (Wildman–Crippen LogP) is 1.17. The standard InChI is InChI=1S/C19H27N3O2S/c1-6-19(7-2,8-3)21-18(24)14-22(4)13-17(23)20-15-11-9-10-12-16(15)25-5/h1,9-12H,7-8,13-14H2,2-5H3,(H,20,23)(H,21,24)/p+1. The summed E-state index contributed by atoms with van der Waals surface area (Å²) >= 11 is 1.58. The van der Waals surface area contributed by atoms with Crippen LogP contribution in [0.25, 0.3) is 0 Å². The molecule has 1 rings (SSSR count). The van der Waals surface area contributed by atoms with Gasteiger partial charge in [-0.25, -0.2) is 0 Å². The maximum absolute atomic E-state index is 12.2. The number of hydrogen-bond acceptors (Lipinski definition) is 3. The number of nitrogens with one attached hydrogen (secondary N) is 3. The van der Waals surface area contributed by atoms with Crippen molar-refractivity contribution < 1.29 is 14.5 Å². The van der Waals surface area contributed by atoms with E-state index in [1.54, 1.807) is 11.8 Å². The van der Waals surface area contributed by atoms with E-state index < -0.39 is 5.54 Å². The Bertz CT molecular complexity index is 636. The van der Waals surface area contributed by atoms with Gasteiger partial charge in [0.15, 0.2) is 13.1 Å². The molecule has 25 heavy (non-hydrogen) atoms. The molecular formula is C19H28N3O2S+. The molecule has 0 aromatic heterocycles. The highest BCUT2D eigenvalue weighted by molar-refractivity contribution is 7.98. The van der Waals surface area contributed by atoms with Crippen LogP contribution in [0.5, 0.6) is 0 Å². The summed E-state index contributed by atoms with van der Waals surface area (Å²) in [5, 5.41) is 5.82. The van der Waals surface area contributed by atoms with Gasteiger partial charge in [0.1, 0.15) is 5.54 Å². The third-order valence-electron chi connectivity index (χ3n) is 4.17. The second kappa shape index (κ2) is 10.1. The Labute approximate surface area is 154 Å². The lowest BCUT2D eigenvalue weighted by atomic mass is 9.94. The average Bonchev–Trinajstić information content (AvgIpc) is 2.60. The van der Waals surface area contributed by atoms with Gasteiger partial charge >= 0.3 is 0 Å². The molecule has 0 heterocycles. The molecule has 1 unspecified atom stereocenters. The number of thioether (sulfide) groups is 1. The summed E-state index contributed by atoms with van der Waals surface area (Å²) in [4.78, 5) is 26.3. The summed E-state index contributed by atoms with van der Waals surface area (Å²) in [5.41, 5.74) is 0.192. The first-order valence-electron chi connectivity index (χ1n) is 8.42. The van der Waals surface area contributed by atoms with Gasteiger partial charge in [0.05, 0.1) is 12.7 Å². The highest BCUT2D eigenvalue weighted by Crippen LogP contribution is 2.24. The fourth-order valence-corrected chi connectivity index (χ4v) is 3.08. The van der Waals surface area contributed by atoms with Crippen LogP contribution >= 0.6 is 11.8 Å². The highest BCUT2D eigenvalue weighted by atomic mass is 32.2. The van der Waals surface area contributed by atoms with E-state index in [0.717, 1.165) is 15.5 Å². The van der Waals surface area contributed by atoms with Gasteiger partial charge in [0, 0.05) is 4.90 Å². The molecule has 0 radical (unpaired) electrons. The van der Waals surface area contributed by atoms with Crippen LogP contribution in [-0.4, -0.2) is 43.7 Å². The number of carbonyl (C=O) groups is 2. The van der Waals surface area contributed by atoms with Crippen LogP contribution in [0.3, 0.4) is 0 Å². The SMILES string of the molecule is C#CC(CC)(CC)NC(=O)C[NH+](C)CC(=O)Nc1ccccc1SC. The van der Waals surface area contributed by atoms with Crippen molar-refractivity contribution in [1.29, 1.82) is 0 Å². The molecule has 136 valence electrons. The summed E-state index contributed by atoms with van der Waals surface area (Å²) in [6, 6.07) is 7.64. The first-order valence-corrected chi connectivity index (χ1v) is 9.65. The van der Waals surface area contributed by atoms with Gasteiger partial charge < -0.3 is 15.5 Å². The number of hydrogen-bond donors (Lipinski definition) is 3. The average molecular weight is 363 g/mol. The zero-order valence-electron chi connectivity index (χ0n) is 15.4. The molecule has 0 aliphatic carbocycles. The van der Waals surface area contributed by atoms with E-state index in [1.807, 2.05) is 51.4 Å². The van der Waals surface area contributed by atoms with Crippen molar-refractivity contribution in [1.82, 2.24) is 5.32 Å². The van der Waals surface area contributed by atoms with Crippen molar-refractivity contribution in [2.45, 2.75) is 37.1 Å². The van der Waals surface area contributed by atoms with Crippen LogP contribution in [0, 0.1) is 12.3 Å². The van der Waals surface area contributed by atoms with Crippen LogP contribution in [0.2, 0.25) is 0 Å². The lowest BCUT2D eigenvalue weighted by molar-refractivity contribution is -0.862. The van der Waals surface area contributed by atoms with Crippen molar-refractivity contribution in [2.75, 3.05) is 31.7 Å².